The molecule has 1 rings (SSSR count). The van der Waals surface area contributed by atoms with Crippen LogP contribution >= 0.6 is 0 Å². The molecular formula is C11H20N4. The van der Waals surface area contributed by atoms with Crippen molar-refractivity contribution in [2.75, 3.05) is 11.9 Å². The number of aryl methyl sites for hydroxylation is 1. The van der Waals surface area contributed by atoms with E-state index in [0.29, 0.717) is 12.6 Å². The second kappa shape index (κ2) is 6.35. The molecule has 0 aliphatic heterocycles. The lowest BCUT2D eigenvalue weighted by Gasteiger charge is -2.12. The van der Waals surface area contributed by atoms with Crippen LogP contribution in [0.15, 0.2) is 12.1 Å². The van der Waals surface area contributed by atoms with Gasteiger partial charge in [0.1, 0.15) is 5.82 Å². The van der Waals surface area contributed by atoms with Crippen LogP contribution in [-0.4, -0.2) is 22.8 Å². The lowest BCUT2D eigenvalue weighted by atomic mass is 10.2. The summed E-state index contributed by atoms with van der Waals surface area (Å²) in [5.41, 5.74) is 6.52. The highest BCUT2D eigenvalue weighted by atomic mass is 15.2. The molecule has 0 spiro atoms. The Bertz CT molecular complexity index is 270. The molecule has 1 atom stereocenters. The molecule has 1 heterocycles. The van der Waals surface area contributed by atoms with Crippen molar-refractivity contribution in [3.05, 3.63) is 17.8 Å². The van der Waals surface area contributed by atoms with Crippen LogP contribution in [0, 0.1) is 0 Å². The van der Waals surface area contributed by atoms with Crippen LogP contribution in [0.3, 0.4) is 0 Å². The topological polar surface area (TPSA) is 63.8 Å². The molecule has 0 saturated carbocycles. The Morgan fingerprint density at radius 1 is 1.40 bits per heavy atom. The second-order valence-electron chi connectivity index (χ2n) is 3.78. The van der Waals surface area contributed by atoms with Gasteiger partial charge in [-0.1, -0.05) is 13.3 Å². The van der Waals surface area contributed by atoms with Gasteiger partial charge in [-0.3, -0.25) is 0 Å². The highest BCUT2D eigenvalue weighted by molar-refractivity contribution is 5.33. The van der Waals surface area contributed by atoms with Gasteiger partial charge in [0.2, 0.25) is 0 Å². The number of aromatic nitrogens is 2. The second-order valence-corrected chi connectivity index (χ2v) is 3.78. The predicted molar refractivity (Wildman–Crippen MR) is 62.8 cm³/mol. The SMILES string of the molecule is CCCc1ccc(NC(C)CCN)nn1. The zero-order valence-electron chi connectivity index (χ0n) is 9.53. The Morgan fingerprint density at radius 2 is 2.20 bits per heavy atom. The van der Waals surface area contributed by atoms with Crippen molar-refractivity contribution in [1.29, 1.82) is 0 Å². The van der Waals surface area contributed by atoms with E-state index in [1.165, 1.54) is 0 Å². The summed E-state index contributed by atoms with van der Waals surface area (Å²) in [5.74, 6) is 0.829. The standard InChI is InChI=1S/C11H20N4/c1-3-4-10-5-6-11(15-14-10)13-9(2)7-8-12/h5-6,9H,3-4,7-8,12H2,1-2H3,(H,13,15). The summed E-state index contributed by atoms with van der Waals surface area (Å²) in [7, 11) is 0. The van der Waals surface area contributed by atoms with Crippen LogP contribution in [0.25, 0.3) is 0 Å². The van der Waals surface area contributed by atoms with Crippen LogP contribution in [0.5, 0.6) is 0 Å². The van der Waals surface area contributed by atoms with Crippen molar-refractivity contribution in [2.45, 2.75) is 39.2 Å². The molecular weight excluding hydrogens is 188 g/mol. The molecule has 0 fully saturated rings. The molecule has 0 saturated heterocycles. The smallest absolute Gasteiger partial charge is 0.148 e. The zero-order valence-corrected chi connectivity index (χ0v) is 9.53. The zero-order chi connectivity index (χ0) is 11.1. The molecule has 0 aliphatic rings. The van der Waals surface area contributed by atoms with E-state index in [1.807, 2.05) is 12.1 Å². The van der Waals surface area contributed by atoms with Gasteiger partial charge >= 0.3 is 0 Å². The molecule has 1 unspecified atom stereocenters. The van der Waals surface area contributed by atoms with E-state index in [4.69, 9.17) is 5.73 Å². The molecule has 0 bridgehead atoms. The molecule has 1 aromatic rings. The third kappa shape index (κ3) is 4.25. The maximum Gasteiger partial charge on any atom is 0.148 e. The van der Waals surface area contributed by atoms with Gasteiger partial charge in [-0.15, -0.1) is 5.10 Å². The first-order valence-corrected chi connectivity index (χ1v) is 5.55. The maximum atomic E-state index is 5.47. The molecule has 0 amide bonds. The Labute approximate surface area is 91.3 Å². The Kier molecular flexibility index (Phi) is 5.04. The molecule has 4 nitrogen and oxygen atoms in total. The van der Waals surface area contributed by atoms with Gasteiger partial charge in [-0.25, -0.2) is 0 Å². The summed E-state index contributed by atoms with van der Waals surface area (Å²) in [6.45, 7) is 4.92. The summed E-state index contributed by atoms with van der Waals surface area (Å²) in [5, 5.41) is 11.5. The lowest BCUT2D eigenvalue weighted by Crippen LogP contribution is -2.20. The average molecular weight is 208 g/mol. The Balaban J connectivity index is 2.48. The van der Waals surface area contributed by atoms with E-state index in [-0.39, 0.29) is 0 Å². The van der Waals surface area contributed by atoms with Crippen molar-refractivity contribution in [1.82, 2.24) is 10.2 Å². The van der Waals surface area contributed by atoms with Gasteiger partial charge in [0.25, 0.3) is 0 Å². The minimum absolute atomic E-state index is 0.348. The quantitative estimate of drug-likeness (QED) is 0.745. The van der Waals surface area contributed by atoms with Crippen LogP contribution in [-0.2, 0) is 6.42 Å². The fourth-order valence-electron chi connectivity index (χ4n) is 1.40. The van der Waals surface area contributed by atoms with Gasteiger partial charge in [0.05, 0.1) is 5.69 Å². The van der Waals surface area contributed by atoms with Gasteiger partial charge in [-0.2, -0.15) is 5.10 Å². The molecule has 0 aliphatic carbocycles. The monoisotopic (exact) mass is 208 g/mol. The van der Waals surface area contributed by atoms with Crippen LogP contribution in [0.4, 0.5) is 5.82 Å². The van der Waals surface area contributed by atoms with Crippen molar-refractivity contribution in [2.24, 2.45) is 5.73 Å². The van der Waals surface area contributed by atoms with Crippen molar-refractivity contribution in [3.63, 3.8) is 0 Å². The molecule has 15 heavy (non-hydrogen) atoms. The van der Waals surface area contributed by atoms with Crippen LogP contribution in [0.2, 0.25) is 0 Å². The number of anilines is 1. The first-order valence-electron chi connectivity index (χ1n) is 5.55. The molecule has 3 N–H and O–H groups in total. The minimum atomic E-state index is 0.348. The Hall–Kier alpha value is -1.16. The van der Waals surface area contributed by atoms with E-state index >= 15 is 0 Å². The largest absolute Gasteiger partial charge is 0.366 e. The minimum Gasteiger partial charge on any atom is -0.366 e. The van der Waals surface area contributed by atoms with Gasteiger partial charge < -0.3 is 11.1 Å². The summed E-state index contributed by atoms with van der Waals surface area (Å²) < 4.78 is 0. The number of nitrogens with two attached hydrogens (primary N) is 1. The highest BCUT2D eigenvalue weighted by Gasteiger charge is 2.02. The Morgan fingerprint density at radius 3 is 2.73 bits per heavy atom. The molecule has 84 valence electrons. The summed E-state index contributed by atoms with van der Waals surface area (Å²) in [6.07, 6.45) is 3.04. The van der Waals surface area contributed by atoms with Crippen LogP contribution in [0.1, 0.15) is 32.4 Å². The number of hydrogen-bond donors (Lipinski definition) is 2. The molecule has 1 aromatic heterocycles. The maximum absolute atomic E-state index is 5.47. The molecule has 0 radical (unpaired) electrons. The van der Waals surface area contributed by atoms with E-state index in [2.05, 4.69) is 29.4 Å². The number of nitrogens with zero attached hydrogens (tertiary/aromatic N) is 2. The van der Waals surface area contributed by atoms with Crippen LogP contribution < -0.4 is 11.1 Å². The number of hydrogen-bond acceptors (Lipinski definition) is 4. The molecule has 0 aromatic carbocycles. The first kappa shape index (κ1) is 11.9. The van der Waals surface area contributed by atoms with Gasteiger partial charge in [0, 0.05) is 6.04 Å². The fraction of sp³-hybridized carbons (Fsp3) is 0.636. The third-order valence-electron chi connectivity index (χ3n) is 2.22. The first-order chi connectivity index (χ1) is 7.26. The van der Waals surface area contributed by atoms with Gasteiger partial charge in [0.15, 0.2) is 0 Å². The normalized spacial score (nSPS) is 12.5. The van der Waals surface area contributed by atoms with E-state index in [1.54, 1.807) is 0 Å². The highest BCUT2D eigenvalue weighted by Crippen LogP contribution is 2.06. The fourth-order valence-corrected chi connectivity index (χ4v) is 1.40. The third-order valence-corrected chi connectivity index (χ3v) is 2.22. The van der Waals surface area contributed by atoms with E-state index in [0.717, 1.165) is 30.8 Å². The number of nitrogens with one attached hydrogen (secondary N) is 1. The predicted octanol–water partition coefficient (Wildman–Crippen LogP) is 1.58. The summed E-state index contributed by atoms with van der Waals surface area (Å²) >= 11 is 0. The number of rotatable bonds is 6. The molecule has 4 heteroatoms. The summed E-state index contributed by atoms with van der Waals surface area (Å²) in [6, 6.07) is 4.35. The van der Waals surface area contributed by atoms with Crippen molar-refractivity contribution in [3.8, 4) is 0 Å². The van der Waals surface area contributed by atoms with Crippen molar-refractivity contribution < 1.29 is 0 Å². The summed E-state index contributed by atoms with van der Waals surface area (Å²) in [4.78, 5) is 0. The average Bonchev–Trinajstić information content (AvgIpc) is 2.22. The van der Waals surface area contributed by atoms with E-state index in [9.17, 15) is 0 Å². The van der Waals surface area contributed by atoms with E-state index < -0.39 is 0 Å². The van der Waals surface area contributed by atoms with Gasteiger partial charge in [-0.05, 0) is 38.4 Å². The van der Waals surface area contributed by atoms with Crippen molar-refractivity contribution >= 4 is 5.82 Å². The lowest BCUT2D eigenvalue weighted by molar-refractivity contribution is 0.709.